The van der Waals surface area contributed by atoms with Crippen LogP contribution in [-0.2, 0) is 17.4 Å². The first-order valence-corrected chi connectivity index (χ1v) is 10.6. The smallest absolute Gasteiger partial charge is 0.416 e. The highest BCUT2D eigenvalue weighted by Gasteiger charge is 2.47. The van der Waals surface area contributed by atoms with Gasteiger partial charge >= 0.3 is 6.18 Å². The fourth-order valence-corrected chi connectivity index (χ4v) is 4.85. The van der Waals surface area contributed by atoms with Crippen LogP contribution in [0, 0.1) is 17.8 Å². The number of amides is 1. The quantitative estimate of drug-likeness (QED) is 0.522. The van der Waals surface area contributed by atoms with Crippen LogP contribution in [0.4, 0.5) is 18.9 Å². The van der Waals surface area contributed by atoms with Crippen LogP contribution in [0.1, 0.15) is 30.4 Å². The first-order valence-electron chi connectivity index (χ1n) is 10.6. The number of H-pyrrole nitrogens is 1. The highest BCUT2D eigenvalue weighted by molar-refractivity contribution is 6.03. The fourth-order valence-electron chi connectivity index (χ4n) is 4.85. The van der Waals surface area contributed by atoms with Crippen LogP contribution < -0.4 is 10.1 Å². The fraction of sp³-hybridized carbons (Fsp3) is 0.375. The van der Waals surface area contributed by atoms with E-state index in [0.29, 0.717) is 24.7 Å². The molecule has 6 rings (SSSR count). The molecule has 4 nitrogen and oxygen atoms in total. The van der Waals surface area contributed by atoms with Gasteiger partial charge in [-0.15, -0.1) is 0 Å². The standard InChI is InChI=1S/C24H23F3N2O2/c25-24(26,27)17-3-1-14(2-4-17)7-8-31-18-5-6-21-20(12-18)22(13-28-21)29-23(30)19-11-15-9-16(19)10-15/h1-6,12-13,15-16,19,28H,7-11H2,(H,29,30)/t15?,16?,19-/m1/s1. The second-order valence-corrected chi connectivity index (χ2v) is 8.63. The zero-order valence-electron chi connectivity index (χ0n) is 16.8. The number of nitrogens with one attached hydrogen (secondary N) is 2. The SMILES string of the molecule is O=C(Nc1c[nH]c2ccc(OCCc3ccc(C(F)(F)F)cc3)cc12)[C@@H]1CC2CC1C2. The molecule has 7 heteroatoms. The molecular weight excluding hydrogens is 405 g/mol. The van der Waals surface area contributed by atoms with Crippen LogP contribution in [0.15, 0.2) is 48.7 Å². The van der Waals surface area contributed by atoms with E-state index in [1.165, 1.54) is 25.0 Å². The molecule has 2 bridgehead atoms. The Labute approximate surface area is 177 Å². The molecule has 3 aromatic rings. The third kappa shape index (κ3) is 4.01. The number of halogens is 3. The minimum absolute atomic E-state index is 0.0968. The Morgan fingerprint density at radius 3 is 2.55 bits per heavy atom. The van der Waals surface area contributed by atoms with Gasteiger partial charge in [0.2, 0.25) is 5.91 Å². The number of hydrogen-bond acceptors (Lipinski definition) is 2. The zero-order chi connectivity index (χ0) is 21.6. The molecule has 1 aromatic heterocycles. The third-order valence-electron chi connectivity index (χ3n) is 6.62. The van der Waals surface area contributed by atoms with Crippen molar-refractivity contribution in [3.05, 3.63) is 59.8 Å². The van der Waals surface area contributed by atoms with Crippen molar-refractivity contribution < 1.29 is 22.7 Å². The molecule has 0 aliphatic heterocycles. The van der Waals surface area contributed by atoms with Gasteiger partial charge in [-0.1, -0.05) is 12.1 Å². The van der Waals surface area contributed by atoms with Gasteiger partial charge in [-0.25, -0.2) is 0 Å². The van der Waals surface area contributed by atoms with Crippen molar-refractivity contribution in [3.8, 4) is 5.75 Å². The Morgan fingerprint density at radius 1 is 1.10 bits per heavy atom. The number of aromatic nitrogens is 1. The molecule has 3 aliphatic rings. The summed E-state index contributed by atoms with van der Waals surface area (Å²) in [6.45, 7) is 0.341. The largest absolute Gasteiger partial charge is 0.493 e. The normalized spacial score (nSPS) is 22.4. The van der Waals surface area contributed by atoms with E-state index in [0.717, 1.165) is 46.6 Å². The summed E-state index contributed by atoms with van der Waals surface area (Å²) in [4.78, 5) is 15.8. The number of rotatable bonds is 6. The van der Waals surface area contributed by atoms with E-state index < -0.39 is 11.7 Å². The summed E-state index contributed by atoms with van der Waals surface area (Å²) >= 11 is 0. The maximum atomic E-state index is 12.7. The minimum Gasteiger partial charge on any atom is -0.493 e. The number of fused-ring (bicyclic) bond motifs is 2. The number of benzene rings is 2. The van der Waals surface area contributed by atoms with Crippen molar-refractivity contribution in [2.75, 3.05) is 11.9 Å². The monoisotopic (exact) mass is 428 g/mol. The first-order chi connectivity index (χ1) is 14.9. The molecule has 3 aliphatic carbocycles. The summed E-state index contributed by atoms with van der Waals surface area (Å²) in [6, 6.07) is 10.7. The average Bonchev–Trinajstić information content (AvgIpc) is 3.42. The van der Waals surface area contributed by atoms with Gasteiger partial charge in [-0.05, 0) is 67.0 Å². The summed E-state index contributed by atoms with van der Waals surface area (Å²) in [7, 11) is 0. The molecule has 0 spiro atoms. The van der Waals surface area contributed by atoms with Gasteiger partial charge in [0.05, 0.1) is 17.9 Å². The van der Waals surface area contributed by atoms with E-state index >= 15 is 0 Å². The lowest BCUT2D eigenvalue weighted by atomic mass is 9.82. The highest BCUT2D eigenvalue weighted by Crippen LogP contribution is 2.52. The number of carbonyl (C=O) groups is 1. The van der Waals surface area contributed by atoms with Crippen molar-refractivity contribution in [3.63, 3.8) is 0 Å². The molecule has 1 atom stereocenters. The Bertz CT molecular complexity index is 1100. The molecule has 2 aromatic carbocycles. The van der Waals surface area contributed by atoms with Gasteiger partial charge in [0, 0.05) is 29.4 Å². The van der Waals surface area contributed by atoms with Crippen LogP contribution in [0.2, 0.25) is 0 Å². The molecule has 3 fully saturated rings. The minimum atomic E-state index is -4.33. The molecule has 0 radical (unpaired) electrons. The van der Waals surface area contributed by atoms with Crippen LogP contribution in [0.3, 0.4) is 0 Å². The van der Waals surface area contributed by atoms with Gasteiger partial charge in [0.1, 0.15) is 5.75 Å². The van der Waals surface area contributed by atoms with E-state index in [1.54, 1.807) is 6.20 Å². The maximum absolute atomic E-state index is 12.7. The molecular formula is C24H23F3N2O2. The predicted molar refractivity (Wildman–Crippen MR) is 112 cm³/mol. The molecule has 1 heterocycles. The summed E-state index contributed by atoms with van der Waals surface area (Å²) in [6.07, 6.45) is 1.33. The Kier molecular flexibility index (Phi) is 4.91. The number of aromatic amines is 1. The van der Waals surface area contributed by atoms with Crippen molar-refractivity contribution in [1.29, 1.82) is 0 Å². The van der Waals surface area contributed by atoms with Crippen molar-refractivity contribution in [1.82, 2.24) is 4.98 Å². The Morgan fingerprint density at radius 2 is 1.87 bits per heavy atom. The van der Waals surface area contributed by atoms with Gasteiger partial charge in [-0.3, -0.25) is 4.79 Å². The molecule has 3 saturated carbocycles. The number of hydrogen-bond donors (Lipinski definition) is 2. The van der Waals surface area contributed by atoms with E-state index in [2.05, 4.69) is 10.3 Å². The van der Waals surface area contributed by atoms with Crippen LogP contribution >= 0.6 is 0 Å². The average molecular weight is 428 g/mol. The number of anilines is 1. The molecule has 0 unspecified atom stereocenters. The lowest BCUT2D eigenvalue weighted by Gasteiger charge is -2.24. The Balaban J connectivity index is 1.21. The summed E-state index contributed by atoms with van der Waals surface area (Å²) in [5, 5.41) is 3.95. The van der Waals surface area contributed by atoms with Gasteiger partial charge in [0.15, 0.2) is 0 Å². The van der Waals surface area contributed by atoms with Crippen molar-refractivity contribution >= 4 is 22.5 Å². The lowest BCUT2D eigenvalue weighted by molar-refractivity contribution is -0.137. The number of alkyl halides is 3. The van der Waals surface area contributed by atoms with Gasteiger partial charge in [-0.2, -0.15) is 13.2 Å². The summed E-state index contributed by atoms with van der Waals surface area (Å²) in [5.41, 5.74) is 1.77. The van der Waals surface area contributed by atoms with Crippen molar-refractivity contribution in [2.24, 2.45) is 17.8 Å². The van der Waals surface area contributed by atoms with Crippen molar-refractivity contribution in [2.45, 2.75) is 31.9 Å². The second-order valence-electron chi connectivity index (χ2n) is 8.63. The second kappa shape index (κ2) is 7.62. The first kappa shape index (κ1) is 20.0. The molecule has 2 N–H and O–H groups in total. The molecule has 0 saturated heterocycles. The third-order valence-corrected chi connectivity index (χ3v) is 6.62. The van der Waals surface area contributed by atoms with E-state index in [1.807, 2.05) is 18.2 Å². The van der Waals surface area contributed by atoms with E-state index in [4.69, 9.17) is 4.74 Å². The van der Waals surface area contributed by atoms with Crippen LogP contribution in [0.5, 0.6) is 5.75 Å². The van der Waals surface area contributed by atoms with E-state index in [-0.39, 0.29) is 11.8 Å². The zero-order valence-corrected chi connectivity index (χ0v) is 16.8. The maximum Gasteiger partial charge on any atom is 0.416 e. The van der Waals surface area contributed by atoms with Crippen LogP contribution in [-0.4, -0.2) is 17.5 Å². The predicted octanol–water partition coefficient (Wildman–Crippen LogP) is 5.79. The van der Waals surface area contributed by atoms with Gasteiger partial charge in [0.25, 0.3) is 0 Å². The Hall–Kier alpha value is -2.96. The molecule has 162 valence electrons. The highest BCUT2D eigenvalue weighted by atomic mass is 19.4. The molecule has 1 amide bonds. The molecule has 31 heavy (non-hydrogen) atoms. The summed E-state index contributed by atoms with van der Waals surface area (Å²) < 4.78 is 43.8. The lowest BCUT2D eigenvalue weighted by Crippen LogP contribution is -2.25. The van der Waals surface area contributed by atoms with E-state index in [9.17, 15) is 18.0 Å². The number of ether oxygens (including phenoxy) is 1. The van der Waals surface area contributed by atoms with Crippen LogP contribution in [0.25, 0.3) is 10.9 Å². The number of carbonyl (C=O) groups excluding carboxylic acids is 1. The topological polar surface area (TPSA) is 54.1 Å². The van der Waals surface area contributed by atoms with Gasteiger partial charge < -0.3 is 15.0 Å². The summed E-state index contributed by atoms with van der Waals surface area (Å²) in [5.74, 6) is 2.14.